The van der Waals surface area contributed by atoms with Gasteiger partial charge in [0, 0.05) is 17.8 Å². The molecule has 1 rings (SSSR count). The van der Waals surface area contributed by atoms with Crippen LogP contribution in [0.4, 0.5) is 10.1 Å². The first-order chi connectivity index (χ1) is 5.22. The molecule has 2 nitrogen and oxygen atoms in total. The zero-order valence-electron chi connectivity index (χ0n) is 5.68. The van der Waals surface area contributed by atoms with E-state index in [0.29, 0.717) is 11.4 Å². The van der Waals surface area contributed by atoms with Crippen LogP contribution in [0.25, 0.3) is 0 Å². The number of halogens is 2. The van der Waals surface area contributed by atoms with E-state index in [0.717, 1.165) is 0 Å². The van der Waals surface area contributed by atoms with Crippen molar-refractivity contribution < 1.29 is 9.13 Å². The van der Waals surface area contributed by atoms with Gasteiger partial charge in [0.1, 0.15) is 11.6 Å². The fourth-order valence-corrected chi connectivity index (χ4v) is 0.857. The van der Waals surface area contributed by atoms with Crippen LogP contribution in [-0.4, -0.2) is 6.07 Å². The maximum atomic E-state index is 12.5. The molecule has 0 saturated heterocycles. The number of nitrogens with two attached hydrogens (primary N) is 1. The van der Waals surface area contributed by atoms with Gasteiger partial charge in [-0.1, -0.05) is 11.6 Å². The Kier molecular flexibility index (Phi) is 2.54. The molecule has 0 aliphatic heterocycles. The molecule has 0 aliphatic carbocycles. The number of hydrogen-bond donors (Lipinski definition) is 1. The topological polar surface area (TPSA) is 35.2 Å². The fraction of sp³-hybridized carbons (Fsp3) is 0.143. The minimum Gasteiger partial charge on any atom is -0.478 e. The molecule has 0 aliphatic rings. The second-order valence-electron chi connectivity index (χ2n) is 1.97. The van der Waals surface area contributed by atoms with Crippen LogP contribution in [0.1, 0.15) is 0 Å². The first-order valence-corrected chi connectivity index (χ1v) is 3.50. The molecule has 0 aromatic heterocycles. The van der Waals surface area contributed by atoms with Gasteiger partial charge in [-0.05, 0) is 6.07 Å². The van der Waals surface area contributed by atoms with Crippen LogP contribution in [-0.2, 0) is 0 Å². The van der Waals surface area contributed by atoms with E-state index in [9.17, 15) is 4.39 Å². The van der Waals surface area contributed by atoms with E-state index >= 15 is 0 Å². The molecule has 11 heavy (non-hydrogen) atoms. The molecule has 0 radical (unpaired) electrons. The Morgan fingerprint density at radius 3 is 2.73 bits per heavy atom. The number of ether oxygens (including phenoxy) is 1. The number of rotatable bonds is 2. The second kappa shape index (κ2) is 3.44. The van der Waals surface area contributed by atoms with Crippen molar-refractivity contribution in [2.75, 3.05) is 11.8 Å². The van der Waals surface area contributed by atoms with Crippen molar-refractivity contribution in [3.63, 3.8) is 0 Å². The average Bonchev–Trinajstić information content (AvgIpc) is 1.85. The van der Waals surface area contributed by atoms with Crippen LogP contribution in [0, 0.1) is 5.82 Å². The molecule has 0 unspecified atom stereocenters. The van der Waals surface area contributed by atoms with Crippen molar-refractivity contribution in [2.45, 2.75) is 0 Å². The summed E-state index contributed by atoms with van der Waals surface area (Å²) >= 11 is 5.26. The van der Waals surface area contributed by atoms with Gasteiger partial charge in [-0.2, -0.15) is 0 Å². The maximum Gasteiger partial charge on any atom is 0.162 e. The van der Waals surface area contributed by atoms with Gasteiger partial charge >= 0.3 is 0 Å². The summed E-state index contributed by atoms with van der Waals surface area (Å²) in [5.41, 5.74) is 5.65. The van der Waals surface area contributed by atoms with Crippen LogP contribution in [0.3, 0.4) is 0 Å². The van der Waals surface area contributed by atoms with E-state index in [-0.39, 0.29) is 6.07 Å². The van der Waals surface area contributed by atoms with E-state index in [2.05, 4.69) is 0 Å². The smallest absolute Gasteiger partial charge is 0.162 e. The predicted molar refractivity (Wildman–Crippen MR) is 42.2 cm³/mol. The number of alkyl halides is 1. The molecule has 0 spiro atoms. The zero-order valence-corrected chi connectivity index (χ0v) is 6.44. The first kappa shape index (κ1) is 8.14. The molecule has 0 amide bonds. The lowest BCUT2D eigenvalue weighted by Gasteiger charge is -2.02. The minimum atomic E-state index is -0.426. The Morgan fingerprint density at radius 2 is 2.18 bits per heavy atom. The van der Waals surface area contributed by atoms with Crippen molar-refractivity contribution in [1.82, 2.24) is 0 Å². The normalized spacial score (nSPS) is 9.64. The SMILES string of the molecule is Nc1cc(F)cc(OCCl)c1. The summed E-state index contributed by atoms with van der Waals surface area (Å²) in [6.07, 6.45) is 0. The summed E-state index contributed by atoms with van der Waals surface area (Å²) in [7, 11) is 0. The third-order valence-corrected chi connectivity index (χ3v) is 1.22. The number of hydrogen-bond acceptors (Lipinski definition) is 2. The highest BCUT2D eigenvalue weighted by atomic mass is 35.5. The van der Waals surface area contributed by atoms with Crippen LogP contribution >= 0.6 is 11.6 Å². The maximum absolute atomic E-state index is 12.5. The van der Waals surface area contributed by atoms with Gasteiger partial charge in [-0.15, -0.1) is 0 Å². The molecule has 4 heteroatoms. The summed E-state index contributed by atoms with van der Waals surface area (Å²) in [6.45, 7) is 0. The standard InChI is InChI=1S/C7H7ClFNO/c8-4-11-7-2-5(9)1-6(10)3-7/h1-3H,4,10H2. The molecule has 0 bridgehead atoms. The van der Waals surface area contributed by atoms with Crippen molar-refractivity contribution in [3.05, 3.63) is 24.0 Å². The van der Waals surface area contributed by atoms with Crippen molar-refractivity contribution in [2.24, 2.45) is 0 Å². The van der Waals surface area contributed by atoms with Gasteiger partial charge in [0.15, 0.2) is 6.07 Å². The second-order valence-corrected chi connectivity index (χ2v) is 2.19. The average molecular weight is 176 g/mol. The Morgan fingerprint density at radius 1 is 1.45 bits per heavy atom. The summed E-state index contributed by atoms with van der Waals surface area (Å²) < 4.78 is 17.4. The van der Waals surface area contributed by atoms with Crippen LogP contribution in [0.5, 0.6) is 5.75 Å². The van der Waals surface area contributed by atoms with E-state index in [4.69, 9.17) is 22.1 Å². The van der Waals surface area contributed by atoms with Gasteiger partial charge in [0.25, 0.3) is 0 Å². The highest BCUT2D eigenvalue weighted by molar-refractivity contribution is 6.17. The van der Waals surface area contributed by atoms with E-state index in [1.54, 1.807) is 0 Å². The van der Waals surface area contributed by atoms with Crippen molar-refractivity contribution in [3.8, 4) is 5.75 Å². The van der Waals surface area contributed by atoms with E-state index < -0.39 is 5.82 Å². The van der Waals surface area contributed by atoms with E-state index in [1.165, 1.54) is 18.2 Å². The molecule has 0 saturated carbocycles. The molecule has 0 fully saturated rings. The lowest BCUT2D eigenvalue weighted by Crippen LogP contribution is -1.92. The quantitative estimate of drug-likeness (QED) is 0.551. The molecule has 2 N–H and O–H groups in total. The lowest BCUT2D eigenvalue weighted by atomic mass is 10.3. The highest BCUT2D eigenvalue weighted by Crippen LogP contribution is 2.17. The summed E-state index contributed by atoms with van der Waals surface area (Å²) in [4.78, 5) is 0. The van der Waals surface area contributed by atoms with Crippen LogP contribution in [0.15, 0.2) is 18.2 Å². The van der Waals surface area contributed by atoms with Gasteiger partial charge < -0.3 is 10.5 Å². The molecule has 0 heterocycles. The summed E-state index contributed by atoms with van der Waals surface area (Å²) in [5, 5.41) is 0. The van der Waals surface area contributed by atoms with Gasteiger partial charge in [0.2, 0.25) is 0 Å². The van der Waals surface area contributed by atoms with Crippen LogP contribution < -0.4 is 10.5 Å². The van der Waals surface area contributed by atoms with Gasteiger partial charge in [0.05, 0.1) is 0 Å². The van der Waals surface area contributed by atoms with Crippen molar-refractivity contribution >= 4 is 17.3 Å². The molecular weight excluding hydrogens is 169 g/mol. The predicted octanol–water partition coefficient (Wildman–Crippen LogP) is 1.98. The Hall–Kier alpha value is -0.960. The zero-order chi connectivity index (χ0) is 8.27. The highest BCUT2D eigenvalue weighted by Gasteiger charge is 1.97. The van der Waals surface area contributed by atoms with Gasteiger partial charge in [-0.25, -0.2) is 4.39 Å². The Balaban J connectivity index is 2.89. The Labute approximate surface area is 68.7 Å². The number of nitrogen functional groups attached to an aromatic ring is 1. The Bertz CT molecular complexity index is 234. The van der Waals surface area contributed by atoms with Crippen LogP contribution in [0.2, 0.25) is 0 Å². The number of benzene rings is 1. The fourth-order valence-electron chi connectivity index (χ4n) is 0.731. The summed E-state index contributed by atoms with van der Waals surface area (Å²) in [5.74, 6) is -0.0809. The molecule has 1 aromatic carbocycles. The monoisotopic (exact) mass is 175 g/mol. The number of anilines is 1. The lowest BCUT2D eigenvalue weighted by molar-refractivity contribution is 0.385. The molecular formula is C7H7ClFNO. The molecule has 60 valence electrons. The summed E-state index contributed by atoms with van der Waals surface area (Å²) in [6, 6.07) is 3.92. The first-order valence-electron chi connectivity index (χ1n) is 2.97. The third kappa shape index (κ3) is 2.27. The minimum absolute atomic E-state index is 0.0110. The third-order valence-electron chi connectivity index (χ3n) is 1.11. The molecule has 1 aromatic rings. The van der Waals surface area contributed by atoms with Crippen molar-refractivity contribution in [1.29, 1.82) is 0 Å². The van der Waals surface area contributed by atoms with Gasteiger partial charge in [-0.3, -0.25) is 0 Å². The van der Waals surface area contributed by atoms with E-state index in [1.807, 2.05) is 0 Å². The largest absolute Gasteiger partial charge is 0.478 e. The molecule has 0 atom stereocenters.